The van der Waals surface area contributed by atoms with Crippen molar-refractivity contribution >= 4 is 5.97 Å². The fourth-order valence-electron chi connectivity index (χ4n) is 2.95. The van der Waals surface area contributed by atoms with Gasteiger partial charge >= 0.3 is 5.97 Å². The van der Waals surface area contributed by atoms with E-state index in [2.05, 4.69) is 11.8 Å². The fraction of sp³-hybridized carbons (Fsp3) is 0.562. The first-order valence-corrected chi connectivity index (χ1v) is 7.28. The smallest absolute Gasteiger partial charge is 0.303 e. The molecule has 1 aromatic carbocycles. The summed E-state index contributed by atoms with van der Waals surface area (Å²) in [4.78, 5) is 13.2. The summed E-state index contributed by atoms with van der Waals surface area (Å²) in [6.45, 7) is 4.18. The molecule has 2 rings (SSSR count). The molecule has 0 amide bonds. The number of likely N-dealkylation sites (tertiary alicyclic amines) is 1. The van der Waals surface area contributed by atoms with Crippen molar-refractivity contribution in [2.45, 2.75) is 38.6 Å². The Labute approximate surface area is 120 Å². The van der Waals surface area contributed by atoms with E-state index in [9.17, 15) is 9.90 Å². The third-order valence-corrected chi connectivity index (χ3v) is 4.20. The summed E-state index contributed by atoms with van der Waals surface area (Å²) in [5, 5.41) is 18.1. The molecular formula is C16H23NO3. The predicted molar refractivity (Wildman–Crippen MR) is 77.8 cm³/mol. The van der Waals surface area contributed by atoms with Gasteiger partial charge in [0.2, 0.25) is 0 Å². The Kier molecular flexibility index (Phi) is 5.01. The fourth-order valence-corrected chi connectivity index (χ4v) is 2.95. The van der Waals surface area contributed by atoms with Crippen molar-refractivity contribution in [3.05, 3.63) is 29.8 Å². The number of piperidine rings is 1. The average Bonchev–Trinajstić information content (AvgIpc) is 2.41. The molecule has 110 valence electrons. The topological polar surface area (TPSA) is 60.8 Å². The number of aromatic hydroxyl groups is 1. The molecule has 1 heterocycles. The summed E-state index contributed by atoms with van der Waals surface area (Å²) >= 11 is 0. The van der Waals surface area contributed by atoms with Crippen LogP contribution >= 0.6 is 0 Å². The highest BCUT2D eigenvalue weighted by atomic mass is 16.4. The Bertz CT molecular complexity index is 436. The van der Waals surface area contributed by atoms with Gasteiger partial charge < -0.3 is 15.1 Å². The summed E-state index contributed by atoms with van der Waals surface area (Å²) in [7, 11) is 0. The van der Waals surface area contributed by atoms with Crippen molar-refractivity contribution in [1.29, 1.82) is 0 Å². The molecular weight excluding hydrogens is 254 g/mol. The first kappa shape index (κ1) is 14.9. The van der Waals surface area contributed by atoms with Crippen LogP contribution in [0.1, 0.15) is 31.7 Å². The van der Waals surface area contributed by atoms with Crippen LogP contribution < -0.4 is 0 Å². The summed E-state index contributed by atoms with van der Waals surface area (Å²) in [6, 6.07) is 7.82. The number of aliphatic carboxylic acids is 1. The van der Waals surface area contributed by atoms with Crippen LogP contribution in [0.25, 0.3) is 0 Å². The average molecular weight is 277 g/mol. The van der Waals surface area contributed by atoms with Crippen molar-refractivity contribution < 1.29 is 15.0 Å². The molecule has 1 fully saturated rings. The Morgan fingerprint density at radius 3 is 2.45 bits per heavy atom. The second-order valence-corrected chi connectivity index (χ2v) is 5.80. The normalized spacial score (nSPS) is 18.9. The summed E-state index contributed by atoms with van der Waals surface area (Å²) < 4.78 is 0. The van der Waals surface area contributed by atoms with E-state index in [1.807, 2.05) is 12.1 Å². The number of phenolic OH excluding ortho intramolecular Hbond substituents is 1. The summed E-state index contributed by atoms with van der Waals surface area (Å²) in [6.07, 6.45) is 3.22. The van der Waals surface area contributed by atoms with Crippen LogP contribution in [-0.2, 0) is 11.2 Å². The van der Waals surface area contributed by atoms with Gasteiger partial charge in [0.25, 0.3) is 0 Å². The maximum atomic E-state index is 10.7. The van der Waals surface area contributed by atoms with Gasteiger partial charge in [0.1, 0.15) is 5.75 Å². The number of hydrogen-bond donors (Lipinski definition) is 2. The van der Waals surface area contributed by atoms with Crippen LogP contribution in [0.4, 0.5) is 0 Å². The lowest BCUT2D eigenvalue weighted by Crippen LogP contribution is -2.41. The van der Waals surface area contributed by atoms with E-state index < -0.39 is 5.97 Å². The van der Waals surface area contributed by atoms with Gasteiger partial charge in [-0.3, -0.25) is 4.79 Å². The number of nitrogens with zero attached hydrogens (tertiary/aromatic N) is 1. The maximum Gasteiger partial charge on any atom is 0.303 e. The molecule has 0 aromatic heterocycles. The number of phenols is 1. The standard InChI is InChI=1S/C16H23NO3/c1-12(10-13-2-4-15(18)5-3-13)17-8-6-14(7-9-17)11-16(19)20/h2-5,12,14,18H,6-11H2,1H3,(H,19,20). The number of carboxylic acid groups (broad SMARTS) is 1. The second-order valence-electron chi connectivity index (χ2n) is 5.80. The van der Waals surface area contributed by atoms with Crippen molar-refractivity contribution in [3.8, 4) is 5.75 Å². The van der Waals surface area contributed by atoms with E-state index >= 15 is 0 Å². The molecule has 2 N–H and O–H groups in total. The molecule has 1 atom stereocenters. The number of carbonyl (C=O) groups is 1. The van der Waals surface area contributed by atoms with Crippen LogP contribution in [0.2, 0.25) is 0 Å². The number of hydrogen-bond acceptors (Lipinski definition) is 3. The Morgan fingerprint density at radius 2 is 1.90 bits per heavy atom. The van der Waals surface area contributed by atoms with E-state index in [0.29, 0.717) is 24.1 Å². The molecule has 0 saturated carbocycles. The molecule has 1 aromatic rings. The Balaban J connectivity index is 1.81. The zero-order chi connectivity index (χ0) is 14.5. The van der Waals surface area contributed by atoms with E-state index in [1.165, 1.54) is 5.56 Å². The summed E-state index contributed by atoms with van der Waals surface area (Å²) in [5.74, 6) is -0.0406. The molecule has 4 nitrogen and oxygen atoms in total. The van der Waals surface area contributed by atoms with Gasteiger partial charge in [-0.1, -0.05) is 12.1 Å². The molecule has 0 bridgehead atoms. The van der Waals surface area contributed by atoms with Crippen LogP contribution in [0.5, 0.6) is 5.75 Å². The van der Waals surface area contributed by atoms with Crippen LogP contribution in [0.15, 0.2) is 24.3 Å². The lowest BCUT2D eigenvalue weighted by molar-refractivity contribution is -0.138. The first-order chi connectivity index (χ1) is 9.54. The van der Waals surface area contributed by atoms with Gasteiger partial charge in [-0.05, 0) is 62.9 Å². The zero-order valence-corrected chi connectivity index (χ0v) is 12.0. The molecule has 1 aliphatic heterocycles. The zero-order valence-electron chi connectivity index (χ0n) is 12.0. The molecule has 1 unspecified atom stereocenters. The predicted octanol–water partition coefficient (Wildman–Crippen LogP) is 2.51. The lowest BCUT2D eigenvalue weighted by atomic mass is 9.92. The van der Waals surface area contributed by atoms with Gasteiger partial charge in [0.05, 0.1) is 0 Å². The molecule has 4 heteroatoms. The van der Waals surface area contributed by atoms with Gasteiger partial charge in [0, 0.05) is 12.5 Å². The largest absolute Gasteiger partial charge is 0.508 e. The van der Waals surface area contributed by atoms with Gasteiger partial charge in [-0.2, -0.15) is 0 Å². The van der Waals surface area contributed by atoms with Crippen molar-refractivity contribution in [1.82, 2.24) is 4.90 Å². The minimum absolute atomic E-state index is 0.302. The summed E-state index contributed by atoms with van der Waals surface area (Å²) in [5.41, 5.74) is 1.22. The van der Waals surface area contributed by atoms with E-state index in [0.717, 1.165) is 32.4 Å². The van der Waals surface area contributed by atoms with Crippen LogP contribution in [0, 0.1) is 5.92 Å². The van der Waals surface area contributed by atoms with E-state index in [4.69, 9.17) is 5.11 Å². The van der Waals surface area contributed by atoms with Crippen molar-refractivity contribution in [2.24, 2.45) is 5.92 Å². The quantitative estimate of drug-likeness (QED) is 0.868. The minimum Gasteiger partial charge on any atom is -0.508 e. The highest BCUT2D eigenvalue weighted by molar-refractivity contribution is 5.67. The highest BCUT2D eigenvalue weighted by Crippen LogP contribution is 2.23. The Morgan fingerprint density at radius 1 is 1.30 bits per heavy atom. The lowest BCUT2D eigenvalue weighted by Gasteiger charge is -2.35. The van der Waals surface area contributed by atoms with Gasteiger partial charge in [-0.15, -0.1) is 0 Å². The monoisotopic (exact) mass is 277 g/mol. The maximum absolute atomic E-state index is 10.7. The number of carboxylic acids is 1. The molecule has 1 saturated heterocycles. The first-order valence-electron chi connectivity index (χ1n) is 7.28. The van der Waals surface area contributed by atoms with Gasteiger partial charge in [-0.25, -0.2) is 0 Å². The number of rotatable bonds is 5. The number of benzene rings is 1. The van der Waals surface area contributed by atoms with E-state index in [1.54, 1.807) is 12.1 Å². The third kappa shape index (κ3) is 4.23. The van der Waals surface area contributed by atoms with Crippen LogP contribution in [0.3, 0.4) is 0 Å². The molecule has 20 heavy (non-hydrogen) atoms. The third-order valence-electron chi connectivity index (χ3n) is 4.20. The SMILES string of the molecule is CC(Cc1ccc(O)cc1)N1CCC(CC(=O)O)CC1. The molecule has 0 radical (unpaired) electrons. The van der Waals surface area contributed by atoms with Crippen molar-refractivity contribution in [3.63, 3.8) is 0 Å². The van der Waals surface area contributed by atoms with Crippen LogP contribution in [-0.4, -0.2) is 40.2 Å². The highest BCUT2D eigenvalue weighted by Gasteiger charge is 2.24. The molecule has 0 spiro atoms. The van der Waals surface area contributed by atoms with E-state index in [-0.39, 0.29) is 0 Å². The van der Waals surface area contributed by atoms with Crippen molar-refractivity contribution in [2.75, 3.05) is 13.1 Å². The molecule has 0 aliphatic carbocycles. The minimum atomic E-state index is -0.680. The Hall–Kier alpha value is -1.55. The second kappa shape index (κ2) is 6.75. The molecule has 1 aliphatic rings. The van der Waals surface area contributed by atoms with Gasteiger partial charge in [0.15, 0.2) is 0 Å².